The standard InChI is InChI=1S/C14H21BrO2/c1-9(16)6-10-7-11(15)8-12(13(10)17-5)14(2,3)4/h7-9,16H,6H2,1-5H3. The molecule has 0 bridgehead atoms. The van der Waals surface area contributed by atoms with E-state index in [-0.39, 0.29) is 11.5 Å². The van der Waals surface area contributed by atoms with E-state index in [1.54, 1.807) is 14.0 Å². The number of aliphatic hydroxyl groups is 1. The maximum atomic E-state index is 9.54. The Morgan fingerprint density at radius 3 is 2.35 bits per heavy atom. The molecule has 1 aromatic carbocycles. The molecule has 3 heteroatoms. The quantitative estimate of drug-likeness (QED) is 0.923. The smallest absolute Gasteiger partial charge is 0.125 e. The largest absolute Gasteiger partial charge is 0.496 e. The molecule has 0 radical (unpaired) electrons. The molecule has 1 N–H and O–H groups in total. The van der Waals surface area contributed by atoms with Crippen molar-refractivity contribution in [1.82, 2.24) is 0 Å². The van der Waals surface area contributed by atoms with Crippen LogP contribution < -0.4 is 4.74 Å². The van der Waals surface area contributed by atoms with Gasteiger partial charge in [-0.3, -0.25) is 0 Å². The van der Waals surface area contributed by atoms with Crippen molar-refractivity contribution in [2.24, 2.45) is 0 Å². The van der Waals surface area contributed by atoms with Crippen molar-refractivity contribution in [1.29, 1.82) is 0 Å². The summed E-state index contributed by atoms with van der Waals surface area (Å²) in [4.78, 5) is 0. The van der Waals surface area contributed by atoms with E-state index in [2.05, 4.69) is 42.8 Å². The number of ether oxygens (including phenoxy) is 1. The molecule has 96 valence electrons. The SMILES string of the molecule is COc1c(CC(C)O)cc(Br)cc1C(C)(C)C. The molecule has 0 aliphatic carbocycles. The van der Waals surface area contributed by atoms with Crippen molar-refractivity contribution in [2.45, 2.75) is 45.6 Å². The Bertz CT molecular complexity index is 392. The van der Waals surface area contributed by atoms with Crippen LogP contribution in [0.25, 0.3) is 0 Å². The van der Waals surface area contributed by atoms with Crippen LogP contribution in [-0.2, 0) is 11.8 Å². The number of hydrogen-bond acceptors (Lipinski definition) is 2. The molecule has 2 nitrogen and oxygen atoms in total. The summed E-state index contributed by atoms with van der Waals surface area (Å²) in [5.74, 6) is 0.890. The zero-order valence-corrected chi connectivity index (χ0v) is 12.8. The minimum Gasteiger partial charge on any atom is -0.496 e. The van der Waals surface area contributed by atoms with Crippen molar-refractivity contribution >= 4 is 15.9 Å². The van der Waals surface area contributed by atoms with Gasteiger partial charge in [-0.25, -0.2) is 0 Å². The van der Waals surface area contributed by atoms with Crippen LogP contribution in [0.15, 0.2) is 16.6 Å². The Balaban J connectivity index is 3.35. The number of aliphatic hydroxyl groups excluding tert-OH is 1. The molecular formula is C14H21BrO2. The second-order valence-electron chi connectivity index (χ2n) is 5.45. The van der Waals surface area contributed by atoms with E-state index in [9.17, 15) is 5.11 Å². The summed E-state index contributed by atoms with van der Waals surface area (Å²) in [6.07, 6.45) is 0.233. The van der Waals surface area contributed by atoms with Gasteiger partial charge in [0.15, 0.2) is 0 Å². The predicted molar refractivity (Wildman–Crippen MR) is 74.8 cm³/mol. The molecule has 0 spiro atoms. The summed E-state index contributed by atoms with van der Waals surface area (Å²) >= 11 is 3.52. The van der Waals surface area contributed by atoms with E-state index < -0.39 is 0 Å². The Hall–Kier alpha value is -0.540. The fourth-order valence-electron chi connectivity index (χ4n) is 1.92. The lowest BCUT2D eigenvalue weighted by atomic mass is 9.84. The molecule has 0 fully saturated rings. The number of hydrogen-bond donors (Lipinski definition) is 1. The highest BCUT2D eigenvalue weighted by Crippen LogP contribution is 2.37. The van der Waals surface area contributed by atoms with Gasteiger partial charge in [-0.15, -0.1) is 0 Å². The summed E-state index contributed by atoms with van der Waals surface area (Å²) in [7, 11) is 1.68. The molecular weight excluding hydrogens is 280 g/mol. The maximum Gasteiger partial charge on any atom is 0.125 e. The normalized spacial score (nSPS) is 13.6. The molecule has 0 aromatic heterocycles. The second kappa shape index (κ2) is 5.40. The van der Waals surface area contributed by atoms with Gasteiger partial charge in [0.05, 0.1) is 13.2 Å². The van der Waals surface area contributed by atoms with Crippen LogP contribution >= 0.6 is 15.9 Å². The van der Waals surface area contributed by atoms with Crippen molar-refractivity contribution in [3.8, 4) is 5.75 Å². The minimum atomic E-state index is -0.369. The van der Waals surface area contributed by atoms with Crippen LogP contribution in [0.4, 0.5) is 0 Å². The summed E-state index contributed by atoms with van der Waals surface area (Å²) in [5, 5.41) is 9.54. The molecule has 1 unspecified atom stereocenters. The molecule has 0 saturated carbocycles. The third kappa shape index (κ3) is 3.71. The minimum absolute atomic E-state index is 0.0164. The zero-order chi connectivity index (χ0) is 13.2. The number of methoxy groups -OCH3 is 1. The van der Waals surface area contributed by atoms with E-state index in [0.717, 1.165) is 21.3 Å². The summed E-state index contributed by atoms with van der Waals surface area (Å²) < 4.78 is 6.55. The van der Waals surface area contributed by atoms with Gasteiger partial charge in [-0.05, 0) is 30.0 Å². The van der Waals surface area contributed by atoms with E-state index >= 15 is 0 Å². The average molecular weight is 301 g/mol. The van der Waals surface area contributed by atoms with Gasteiger partial charge in [0.1, 0.15) is 5.75 Å². The highest BCUT2D eigenvalue weighted by molar-refractivity contribution is 9.10. The second-order valence-corrected chi connectivity index (χ2v) is 6.36. The zero-order valence-electron chi connectivity index (χ0n) is 11.2. The van der Waals surface area contributed by atoms with Gasteiger partial charge >= 0.3 is 0 Å². The number of halogens is 1. The lowest BCUT2D eigenvalue weighted by Crippen LogP contribution is -2.15. The van der Waals surface area contributed by atoms with Crippen LogP contribution in [0, 0.1) is 0 Å². The lowest BCUT2D eigenvalue weighted by molar-refractivity contribution is 0.194. The molecule has 0 saturated heterocycles. The van der Waals surface area contributed by atoms with Crippen LogP contribution in [0.5, 0.6) is 5.75 Å². The monoisotopic (exact) mass is 300 g/mol. The third-order valence-electron chi connectivity index (χ3n) is 2.66. The molecule has 1 rings (SSSR count). The highest BCUT2D eigenvalue weighted by atomic mass is 79.9. The number of rotatable bonds is 3. The van der Waals surface area contributed by atoms with Gasteiger partial charge < -0.3 is 9.84 Å². The first-order chi connectivity index (χ1) is 7.75. The predicted octanol–water partition coefficient (Wildman–Crippen LogP) is 3.68. The molecule has 0 aliphatic rings. The lowest BCUT2D eigenvalue weighted by Gasteiger charge is -2.25. The molecule has 0 aliphatic heterocycles. The summed E-state index contributed by atoms with van der Waals surface area (Å²) in [5.41, 5.74) is 2.22. The van der Waals surface area contributed by atoms with Gasteiger partial charge in [-0.1, -0.05) is 36.7 Å². The Morgan fingerprint density at radius 2 is 1.94 bits per heavy atom. The Labute approximate surface area is 112 Å². The highest BCUT2D eigenvalue weighted by Gasteiger charge is 2.22. The summed E-state index contributed by atoms with van der Waals surface area (Å²) in [6, 6.07) is 4.10. The van der Waals surface area contributed by atoms with Crippen molar-refractivity contribution in [2.75, 3.05) is 7.11 Å². The van der Waals surface area contributed by atoms with E-state index in [4.69, 9.17) is 4.74 Å². The van der Waals surface area contributed by atoms with Gasteiger partial charge in [-0.2, -0.15) is 0 Å². The molecule has 1 aromatic rings. The molecule has 17 heavy (non-hydrogen) atoms. The topological polar surface area (TPSA) is 29.5 Å². The third-order valence-corrected chi connectivity index (χ3v) is 3.12. The number of benzene rings is 1. The summed E-state index contributed by atoms with van der Waals surface area (Å²) in [6.45, 7) is 8.26. The van der Waals surface area contributed by atoms with Crippen LogP contribution in [-0.4, -0.2) is 18.3 Å². The molecule has 0 heterocycles. The van der Waals surface area contributed by atoms with Crippen molar-refractivity contribution in [3.05, 3.63) is 27.7 Å². The molecule has 0 amide bonds. The maximum absolute atomic E-state index is 9.54. The fraction of sp³-hybridized carbons (Fsp3) is 0.571. The van der Waals surface area contributed by atoms with Crippen molar-refractivity contribution < 1.29 is 9.84 Å². The first-order valence-electron chi connectivity index (χ1n) is 5.80. The Morgan fingerprint density at radius 1 is 1.35 bits per heavy atom. The van der Waals surface area contributed by atoms with Crippen LogP contribution in [0.2, 0.25) is 0 Å². The van der Waals surface area contributed by atoms with Gasteiger partial charge in [0.2, 0.25) is 0 Å². The van der Waals surface area contributed by atoms with E-state index in [1.807, 2.05) is 6.07 Å². The average Bonchev–Trinajstić information content (AvgIpc) is 2.14. The van der Waals surface area contributed by atoms with E-state index in [0.29, 0.717) is 6.42 Å². The first kappa shape index (κ1) is 14.5. The molecule has 1 atom stereocenters. The van der Waals surface area contributed by atoms with Crippen LogP contribution in [0.1, 0.15) is 38.8 Å². The van der Waals surface area contributed by atoms with Gasteiger partial charge in [0.25, 0.3) is 0 Å². The van der Waals surface area contributed by atoms with Gasteiger partial charge in [0, 0.05) is 16.5 Å². The van der Waals surface area contributed by atoms with Crippen molar-refractivity contribution in [3.63, 3.8) is 0 Å². The Kier molecular flexibility index (Phi) is 4.62. The fourth-order valence-corrected chi connectivity index (χ4v) is 2.42. The first-order valence-corrected chi connectivity index (χ1v) is 6.60. The van der Waals surface area contributed by atoms with E-state index in [1.165, 1.54) is 0 Å². The van der Waals surface area contributed by atoms with Crippen LogP contribution in [0.3, 0.4) is 0 Å².